The van der Waals surface area contributed by atoms with Crippen molar-refractivity contribution >= 4 is 23.8 Å². The Hall–Kier alpha value is -2.46. The van der Waals surface area contributed by atoms with E-state index in [1.165, 1.54) is 39.2 Å². The molecule has 10 heteroatoms. The van der Waals surface area contributed by atoms with E-state index in [0.717, 1.165) is 70.9 Å². The average Bonchev–Trinajstić information content (AvgIpc) is 2.92. The third kappa shape index (κ3) is 28.1. The van der Waals surface area contributed by atoms with Crippen LogP contribution in [0.3, 0.4) is 0 Å². The van der Waals surface area contributed by atoms with Gasteiger partial charge in [-0.2, -0.15) is 0 Å². The molecule has 0 aromatic rings. The van der Waals surface area contributed by atoms with Crippen molar-refractivity contribution in [2.24, 2.45) is 0 Å². The molecule has 0 fully saturated rings. The lowest BCUT2D eigenvalue weighted by atomic mass is 10.1. The van der Waals surface area contributed by atoms with Crippen molar-refractivity contribution in [3.05, 3.63) is 12.2 Å². The van der Waals surface area contributed by atoms with E-state index in [1.54, 1.807) is 0 Å². The van der Waals surface area contributed by atoms with Gasteiger partial charge in [-0.1, -0.05) is 50.7 Å². The summed E-state index contributed by atoms with van der Waals surface area (Å²) < 4.78 is 5.71. The van der Waals surface area contributed by atoms with Gasteiger partial charge in [0.15, 0.2) is 13.1 Å². The van der Waals surface area contributed by atoms with Crippen LogP contribution in [0.1, 0.15) is 103 Å². The number of hydrogen-bond acceptors (Lipinski definition) is 5. The molecule has 0 spiro atoms. The molecule has 0 saturated carbocycles. The highest BCUT2D eigenvalue weighted by molar-refractivity contribution is 5.76. The van der Waals surface area contributed by atoms with Gasteiger partial charge in [-0.05, 0) is 38.5 Å². The largest absolute Gasteiger partial charge is 0.477 e. The standard InChI is InChI=1S/C33H62N4O6/c1-36(2,28-32(40)41)26-20-24-34-30(38)22-18-16-14-12-10-8-6-7-9-11-13-15-17-19-23-31(39)35-25-21-27-37(3,4)29-33(42)43-5/h6-7H,8-29H2,1-5H3,(H-2,34,35,38,39,40,41)/p+2. The SMILES string of the molecule is COC(=O)C[N+](C)(C)CCCNC(=O)CCCCCCCC=CCCCCCCCC(=O)NCCC[N+](C)(C)CC(=O)O. The number of hydrogen-bond donors (Lipinski definition) is 3. The number of rotatable bonds is 28. The fourth-order valence-electron chi connectivity index (χ4n) is 4.98. The molecule has 250 valence electrons. The topological polar surface area (TPSA) is 122 Å². The molecular formula is C33H64N4O6+2. The van der Waals surface area contributed by atoms with Crippen LogP contribution in [0.2, 0.25) is 0 Å². The minimum atomic E-state index is -0.799. The molecule has 0 rings (SSSR count). The molecule has 0 aliphatic heterocycles. The zero-order chi connectivity index (χ0) is 32.4. The normalized spacial score (nSPS) is 11.9. The van der Waals surface area contributed by atoms with E-state index in [-0.39, 0.29) is 24.3 Å². The molecule has 0 unspecified atom stereocenters. The monoisotopic (exact) mass is 612 g/mol. The number of methoxy groups -OCH3 is 1. The smallest absolute Gasteiger partial charge is 0.361 e. The van der Waals surface area contributed by atoms with Crippen LogP contribution >= 0.6 is 0 Å². The number of likely N-dealkylation sites (N-methyl/N-ethyl adjacent to an activating group) is 2. The number of aliphatic carboxylic acids is 1. The molecule has 10 nitrogen and oxygen atoms in total. The predicted octanol–water partition coefficient (Wildman–Crippen LogP) is 4.43. The predicted molar refractivity (Wildman–Crippen MR) is 172 cm³/mol. The number of amides is 2. The van der Waals surface area contributed by atoms with Gasteiger partial charge in [0.1, 0.15) is 0 Å². The van der Waals surface area contributed by atoms with Gasteiger partial charge in [0.25, 0.3) is 0 Å². The molecule has 0 aliphatic carbocycles. The van der Waals surface area contributed by atoms with Gasteiger partial charge in [-0.25, -0.2) is 9.59 Å². The third-order valence-electron chi connectivity index (χ3n) is 7.59. The second kappa shape index (κ2) is 24.9. The first kappa shape index (κ1) is 40.5. The first-order valence-electron chi connectivity index (χ1n) is 16.5. The minimum absolute atomic E-state index is 0.0949. The Labute approximate surface area is 261 Å². The maximum absolute atomic E-state index is 12.0. The lowest BCUT2D eigenvalue weighted by Gasteiger charge is -2.28. The summed E-state index contributed by atoms with van der Waals surface area (Å²) in [5, 5.41) is 14.9. The highest BCUT2D eigenvalue weighted by Crippen LogP contribution is 2.10. The summed E-state index contributed by atoms with van der Waals surface area (Å²) in [6, 6.07) is 0. The first-order valence-corrected chi connectivity index (χ1v) is 16.5. The van der Waals surface area contributed by atoms with Crippen molar-refractivity contribution in [2.75, 3.05) is 74.6 Å². The van der Waals surface area contributed by atoms with Crippen LogP contribution in [0.15, 0.2) is 12.2 Å². The quantitative estimate of drug-likeness (QED) is 0.0520. The molecule has 0 atom stereocenters. The number of unbranched alkanes of at least 4 members (excludes halogenated alkanes) is 10. The van der Waals surface area contributed by atoms with Gasteiger partial charge in [-0.3, -0.25) is 9.59 Å². The Morgan fingerprint density at radius 1 is 0.605 bits per heavy atom. The van der Waals surface area contributed by atoms with Crippen molar-refractivity contribution in [3.8, 4) is 0 Å². The molecule has 0 saturated heterocycles. The van der Waals surface area contributed by atoms with Gasteiger partial charge in [0, 0.05) is 38.8 Å². The van der Waals surface area contributed by atoms with E-state index in [0.29, 0.717) is 41.4 Å². The highest BCUT2D eigenvalue weighted by Gasteiger charge is 2.20. The van der Waals surface area contributed by atoms with Crippen LogP contribution in [0.25, 0.3) is 0 Å². The summed E-state index contributed by atoms with van der Waals surface area (Å²) in [6.45, 7) is 3.22. The van der Waals surface area contributed by atoms with Gasteiger partial charge in [0.2, 0.25) is 11.8 Å². The summed E-state index contributed by atoms with van der Waals surface area (Å²) in [4.78, 5) is 46.3. The molecule has 0 radical (unpaired) electrons. The van der Waals surface area contributed by atoms with Crippen LogP contribution in [-0.2, 0) is 23.9 Å². The van der Waals surface area contributed by atoms with Gasteiger partial charge < -0.3 is 29.4 Å². The average molecular weight is 613 g/mol. The number of quaternary nitrogens is 2. The number of allylic oxidation sites excluding steroid dienone is 2. The molecule has 0 aromatic carbocycles. The molecular weight excluding hydrogens is 548 g/mol. The summed E-state index contributed by atoms with van der Waals surface area (Å²) >= 11 is 0. The summed E-state index contributed by atoms with van der Waals surface area (Å²) in [5.74, 6) is -0.798. The maximum atomic E-state index is 12.0. The molecule has 2 amide bonds. The highest BCUT2D eigenvalue weighted by atomic mass is 16.5. The summed E-state index contributed by atoms with van der Waals surface area (Å²) in [7, 11) is 9.17. The first-order chi connectivity index (χ1) is 20.4. The van der Waals surface area contributed by atoms with Gasteiger partial charge in [-0.15, -0.1) is 0 Å². The molecule has 0 aromatic heterocycles. The van der Waals surface area contributed by atoms with E-state index in [2.05, 4.69) is 22.8 Å². The lowest BCUT2D eigenvalue weighted by molar-refractivity contribution is -0.883. The van der Waals surface area contributed by atoms with Crippen molar-refractivity contribution in [1.82, 2.24) is 10.6 Å². The van der Waals surface area contributed by atoms with Crippen LogP contribution < -0.4 is 10.6 Å². The van der Waals surface area contributed by atoms with Crippen molar-refractivity contribution in [1.29, 1.82) is 0 Å². The molecule has 3 N–H and O–H groups in total. The zero-order valence-corrected chi connectivity index (χ0v) is 28.1. The molecule has 43 heavy (non-hydrogen) atoms. The number of nitrogens with one attached hydrogen (secondary N) is 2. The summed E-state index contributed by atoms with van der Waals surface area (Å²) in [5.41, 5.74) is 0. The fourth-order valence-corrected chi connectivity index (χ4v) is 4.98. The lowest BCUT2D eigenvalue weighted by Crippen LogP contribution is -2.45. The van der Waals surface area contributed by atoms with Crippen molar-refractivity contribution in [2.45, 2.75) is 103 Å². The Bertz CT molecular complexity index is 813. The molecule has 0 bridgehead atoms. The summed E-state index contributed by atoms with van der Waals surface area (Å²) in [6.07, 6.45) is 20.8. The Balaban J connectivity index is 3.49. The van der Waals surface area contributed by atoms with Crippen LogP contribution in [0, 0.1) is 0 Å². The number of carboxylic acids is 1. The zero-order valence-electron chi connectivity index (χ0n) is 28.1. The van der Waals surface area contributed by atoms with E-state index >= 15 is 0 Å². The van der Waals surface area contributed by atoms with E-state index in [1.807, 2.05) is 28.2 Å². The van der Waals surface area contributed by atoms with E-state index < -0.39 is 5.97 Å². The van der Waals surface area contributed by atoms with Crippen LogP contribution in [0.5, 0.6) is 0 Å². The maximum Gasteiger partial charge on any atom is 0.361 e. The van der Waals surface area contributed by atoms with E-state index in [9.17, 15) is 19.2 Å². The van der Waals surface area contributed by atoms with Gasteiger partial charge >= 0.3 is 11.9 Å². The number of carbonyl (C=O) groups excluding carboxylic acids is 3. The second-order valence-corrected chi connectivity index (χ2v) is 13.1. The number of carboxylic acid groups (broad SMARTS) is 1. The number of carbonyl (C=O) groups is 4. The van der Waals surface area contributed by atoms with Crippen molar-refractivity contribution in [3.63, 3.8) is 0 Å². The number of esters is 1. The van der Waals surface area contributed by atoms with Crippen molar-refractivity contribution < 1.29 is 38.0 Å². The van der Waals surface area contributed by atoms with Gasteiger partial charge in [0.05, 0.1) is 48.4 Å². The minimum Gasteiger partial charge on any atom is -0.477 e. The number of ether oxygens (including phenoxy) is 1. The van der Waals surface area contributed by atoms with E-state index in [4.69, 9.17) is 9.84 Å². The fraction of sp³-hybridized carbons (Fsp3) is 0.818. The second-order valence-electron chi connectivity index (χ2n) is 13.1. The Kier molecular flexibility index (Phi) is 23.5. The molecule has 0 aliphatic rings. The third-order valence-corrected chi connectivity index (χ3v) is 7.59. The number of nitrogens with zero attached hydrogens (tertiary/aromatic N) is 2. The Morgan fingerprint density at radius 2 is 1.00 bits per heavy atom. The van der Waals surface area contributed by atoms with Crippen LogP contribution in [-0.4, -0.2) is 112 Å². The Morgan fingerprint density at radius 3 is 1.42 bits per heavy atom. The molecule has 0 heterocycles. The van der Waals surface area contributed by atoms with Crippen LogP contribution in [0.4, 0.5) is 0 Å².